The Kier molecular flexibility index (Phi) is 4.06. The highest BCUT2D eigenvalue weighted by molar-refractivity contribution is 5.82. The lowest BCUT2D eigenvalue weighted by Gasteiger charge is -2.29. The maximum Gasteiger partial charge on any atom is 0.241 e. The van der Waals surface area contributed by atoms with Crippen molar-refractivity contribution in [3.05, 3.63) is 53.0 Å². The van der Waals surface area contributed by atoms with Gasteiger partial charge in [0.05, 0.1) is 5.69 Å². The van der Waals surface area contributed by atoms with Gasteiger partial charge in [-0.1, -0.05) is 12.1 Å². The smallest absolute Gasteiger partial charge is 0.241 e. The first-order valence-electron chi connectivity index (χ1n) is 8.26. The minimum Gasteiger partial charge on any atom is -0.382 e. The summed E-state index contributed by atoms with van der Waals surface area (Å²) < 4.78 is 13.1. The summed E-state index contributed by atoms with van der Waals surface area (Å²) in [4.78, 5) is 14.6. The van der Waals surface area contributed by atoms with E-state index < -0.39 is 0 Å². The molecule has 4 rings (SSSR count). The number of nitrogens with one attached hydrogen (secondary N) is 2. The van der Waals surface area contributed by atoms with Crippen LogP contribution in [0.5, 0.6) is 0 Å². The fourth-order valence-corrected chi connectivity index (χ4v) is 3.39. The summed E-state index contributed by atoms with van der Waals surface area (Å²) in [6, 6.07) is 7.78. The molecule has 1 amide bonds. The van der Waals surface area contributed by atoms with Crippen LogP contribution in [-0.4, -0.2) is 33.6 Å². The van der Waals surface area contributed by atoms with Gasteiger partial charge in [0, 0.05) is 25.6 Å². The number of hydrogen-bond acceptors (Lipinski definition) is 6. The monoisotopic (exact) mass is 342 g/mol. The molecule has 2 atom stereocenters. The molecule has 0 radical (unpaired) electrons. The summed E-state index contributed by atoms with van der Waals surface area (Å²) >= 11 is 0. The highest BCUT2D eigenvalue weighted by Crippen LogP contribution is 2.25. The van der Waals surface area contributed by atoms with Crippen molar-refractivity contribution in [1.29, 1.82) is 0 Å². The SMILES string of the molecule is Nc1cc2c(nn1)CCN(C(=O)C1CC(c3ccc(F)cc3)NN1)C2. The highest BCUT2D eigenvalue weighted by atomic mass is 19.1. The lowest BCUT2D eigenvalue weighted by atomic mass is 10.00. The van der Waals surface area contributed by atoms with E-state index in [2.05, 4.69) is 21.0 Å². The van der Waals surface area contributed by atoms with Gasteiger partial charge in [0.1, 0.15) is 17.7 Å². The number of hydrazine groups is 1. The number of carbonyl (C=O) groups excluding carboxylic acids is 1. The lowest BCUT2D eigenvalue weighted by Crippen LogP contribution is -2.47. The fraction of sp³-hybridized carbons (Fsp3) is 0.353. The first-order valence-corrected chi connectivity index (χ1v) is 8.26. The summed E-state index contributed by atoms with van der Waals surface area (Å²) in [6.45, 7) is 1.11. The molecule has 3 heterocycles. The van der Waals surface area contributed by atoms with Crippen LogP contribution in [0.25, 0.3) is 0 Å². The average Bonchev–Trinajstić information content (AvgIpc) is 3.11. The van der Waals surface area contributed by atoms with Crippen LogP contribution in [0.3, 0.4) is 0 Å². The van der Waals surface area contributed by atoms with E-state index in [0.29, 0.717) is 31.7 Å². The lowest BCUT2D eigenvalue weighted by molar-refractivity contribution is -0.134. The molecule has 8 heteroatoms. The Balaban J connectivity index is 1.43. The minimum atomic E-state index is -0.316. The second kappa shape index (κ2) is 6.38. The molecule has 2 unspecified atom stereocenters. The first kappa shape index (κ1) is 15.9. The Labute approximate surface area is 144 Å². The third-order valence-electron chi connectivity index (χ3n) is 4.74. The van der Waals surface area contributed by atoms with Gasteiger partial charge < -0.3 is 10.6 Å². The zero-order valence-electron chi connectivity index (χ0n) is 13.6. The molecule has 130 valence electrons. The summed E-state index contributed by atoms with van der Waals surface area (Å²) in [5, 5.41) is 7.96. The van der Waals surface area contributed by atoms with Gasteiger partial charge in [-0.25, -0.2) is 15.2 Å². The van der Waals surface area contributed by atoms with Crippen LogP contribution in [0.2, 0.25) is 0 Å². The number of fused-ring (bicyclic) bond motifs is 1. The summed E-state index contributed by atoms with van der Waals surface area (Å²) in [5.41, 5.74) is 14.7. The molecule has 0 saturated carbocycles. The van der Waals surface area contributed by atoms with Gasteiger partial charge in [-0.05, 0) is 35.7 Å². The van der Waals surface area contributed by atoms with Crippen LogP contribution in [0.4, 0.5) is 10.2 Å². The number of nitrogens with two attached hydrogens (primary N) is 1. The third kappa shape index (κ3) is 3.18. The summed E-state index contributed by atoms with van der Waals surface area (Å²) in [6.07, 6.45) is 1.29. The summed E-state index contributed by atoms with van der Waals surface area (Å²) in [7, 11) is 0. The van der Waals surface area contributed by atoms with E-state index >= 15 is 0 Å². The van der Waals surface area contributed by atoms with Gasteiger partial charge in [0.15, 0.2) is 0 Å². The standard InChI is InChI=1S/C17H19FN6O/c18-12-3-1-10(2-4-12)14-8-15(22-21-14)17(25)24-6-5-13-11(9-24)7-16(19)23-20-13/h1-4,7,14-15,21-22H,5-6,8-9H2,(H2,19,23). The van der Waals surface area contributed by atoms with Gasteiger partial charge in [0.25, 0.3) is 0 Å². The molecular weight excluding hydrogens is 323 g/mol. The highest BCUT2D eigenvalue weighted by Gasteiger charge is 2.34. The molecule has 1 aromatic carbocycles. The number of nitrogens with zero attached hydrogens (tertiary/aromatic N) is 3. The molecule has 2 aromatic rings. The van der Waals surface area contributed by atoms with Gasteiger partial charge in [-0.15, -0.1) is 5.10 Å². The third-order valence-corrected chi connectivity index (χ3v) is 4.74. The van der Waals surface area contributed by atoms with Crippen LogP contribution >= 0.6 is 0 Å². The Hall–Kier alpha value is -2.58. The second-order valence-corrected chi connectivity index (χ2v) is 6.43. The van der Waals surface area contributed by atoms with Crippen LogP contribution in [0.15, 0.2) is 30.3 Å². The number of benzene rings is 1. The minimum absolute atomic E-state index is 0.0202. The fourth-order valence-electron chi connectivity index (χ4n) is 3.39. The van der Waals surface area contributed by atoms with Crippen molar-refractivity contribution in [2.75, 3.05) is 12.3 Å². The van der Waals surface area contributed by atoms with Gasteiger partial charge in [0.2, 0.25) is 5.91 Å². The molecule has 0 aliphatic carbocycles. The van der Waals surface area contributed by atoms with Crippen molar-refractivity contribution in [3.63, 3.8) is 0 Å². The Bertz CT molecular complexity index is 796. The molecule has 1 saturated heterocycles. The number of carbonyl (C=O) groups is 1. The van der Waals surface area contributed by atoms with E-state index in [9.17, 15) is 9.18 Å². The van der Waals surface area contributed by atoms with Crippen LogP contribution in [0, 0.1) is 5.82 Å². The molecule has 0 spiro atoms. The van der Waals surface area contributed by atoms with Crippen molar-refractivity contribution in [3.8, 4) is 0 Å². The molecule has 2 aliphatic rings. The van der Waals surface area contributed by atoms with Crippen molar-refractivity contribution >= 4 is 11.7 Å². The van der Waals surface area contributed by atoms with Crippen LogP contribution < -0.4 is 16.6 Å². The van der Waals surface area contributed by atoms with Crippen molar-refractivity contribution in [2.45, 2.75) is 31.5 Å². The normalized spacial score (nSPS) is 22.7. The zero-order valence-corrected chi connectivity index (χ0v) is 13.6. The molecule has 7 nitrogen and oxygen atoms in total. The van der Waals surface area contributed by atoms with Crippen molar-refractivity contribution < 1.29 is 9.18 Å². The summed E-state index contributed by atoms with van der Waals surface area (Å²) in [5.74, 6) is 0.139. The molecule has 4 N–H and O–H groups in total. The number of hydrogen-bond donors (Lipinski definition) is 3. The Morgan fingerprint density at radius 3 is 2.84 bits per heavy atom. The second-order valence-electron chi connectivity index (χ2n) is 6.43. The maximum absolute atomic E-state index is 13.1. The predicted octanol–water partition coefficient (Wildman–Crippen LogP) is 0.690. The molecule has 0 bridgehead atoms. The topological polar surface area (TPSA) is 96.2 Å². The largest absolute Gasteiger partial charge is 0.382 e. The van der Waals surface area contributed by atoms with E-state index in [1.807, 2.05) is 4.90 Å². The molecule has 25 heavy (non-hydrogen) atoms. The average molecular weight is 342 g/mol. The van der Waals surface area contributed by atoms with E-state index in [1.54, 1.807) is 18.2 Å². The van der Waals surface area contributed by atoms with Gasteiger partial charge >= 0.3 is 0 Å². The van der Waals surface area contributed by atoms with E-state index in [-0.39, 0.29) is 23.8 Å². The molecule has 1 fully saturated rings. The van der Waals surface area contributed by atoms with E-state index in [0.717, 1.165) is 16.8 Å². The Morgan fingerprint density at radius 1 is 1.24 bits per heavy atom. The molecule has 1 aromatic heterocycles. The van der Waals surface area contributed by atoms with Gasteiger partial charge in [-0.3, -0.25) is 4.79 Å². The predicted molar refractivity (Wildman–Crippen MR) is 89.4 cm³/mol. The first-order chi connectivity index (χ1) is 12.1. The van der Waals surface area contributed by atoms with E-state index in [1.165, 1.54) is 12.1 Å². The number of amides is 1. The van der Waals surface area contributed by atoms with Gasteiger partial charge in [-0.2, -0.15) is 5.10 Å². The van der Waals surface area contributed by atoms with Crippen LogP contribution in [0.1, 0.15) is 29.3 Å². The molecule has 2 aliphatic heterocycles. The number of anilines is 1. The van der Waals surface area contributed by atoms with Crippen molar-refractivity contribution in [2.24, 2.45) is 0 Å². The number of rotatable bonds is 2. The number of aromatic nitrogens is 2. The van der Waals surface area contributed by atoms with E-state index in [4.69, 9.17) is 5.73 Å². The van der Waals surface area contributed by atoms with Crippen molar-refractivity contribution in [1.82, 2.24) is 25.9 Å². The maximum atomic E-state index is 13.1. The number of halogens is 1. The Morgan fingerprint density at radius 2 is 2.04 bits per heavy atom. The molecular formula is C17H19FN6O. The quantitative estimate of drug-likeness (QED) is 0.743. The number of nitrogen functional groups attached to an aromatic ring is 1. The zero-order chi connectivity index (χ0) is 17.4. The van der Waals surface area contributed by atoms with Crippen LogP contribution in [-0.2, 0) is 17.8 Å².